The second-order valence-electron chi connectivity index (χ2n) is 4.06. The van der Waals surface area contributed by atoms with Gasteiger partial charge in [0.15, 0.2) is 0 Å². The molecule has 0 saturated carbocycles. The van der Waals surface area contributed by atoms with Gasteiger partial charge in [0, 0.05) is 21.6 Å². The van der Waals surface area contributed by atoms with Crippen LogP contribution in [0.2, 0.25) is 0 Å². The lowest BCUT2D eigenvalue weighted by Gasteiger charge is -2.07. The maximum Gasteiger partial charge on any atom is 0.119 e. The van der Waals surface area contributed by atoms with Crippen molar-refractivity contribution in [3.63, 3.8) is 0 Å². The van der Waals surface area contributed by atoms with Gasteiger partial charge in [-0.05, 0) is 68.6 Å². The number of rotatable bonds is 6. The number of ether oxygens (including phenoxy) is 1. The summed E-state index contributed by atoms with van der Waals surface area (Å²) in [5.41, 5.74) is 1.10. The monoisotopic (exact) mass is 403 g/mol. The van der Waals surface area contributed by atoms with Crippen molar-refractivity contribution in [2.75, 3.05) is 11.9 Å². The molecule has 102 valence electrons. The molecule has 0 spiro atoms. The first-order valence-corrected chi connectivity index (χ1v) is 8.49. The van der Waals surface area contributed by atoms with E-state index in [1.54, 1.807) is 11.3 Å². The average molecular weight is 405 g/mol. The van der Waals surface area contributed by atoms with Crippen LogP contribution in [0.1, 0.15) is 18.2 Å². The largest absolute Gasteiger partial charge is 0.494 e. The molecular weight excluding hydrogens is 390 g/mol. The van der Waals surface area contributed by atoms with Gasteiger partial charge in [0.2, 0.25) is 0 Å². The van der Waals surface area contributed by atoms with Gasteiger partial charge in [0.05, 0.1) is 10.4 Å². The highest BCUT2D eigenvalue weighted by molar-refractivity contribution is 9.13. The van der Waals surface area contributed by atoms with Crippen LogP contribution in [0.5, 0.6) is 5.75 Å². The Morgan fingerprint density at radius 1 is 1.21 bits per heavy atom. The number of hydrogen-bond acceptors (Lipinski definition) is 3. The summed E-state index contributed by atoms with van der Waals surface area (Å²) in [6.07, 6.45) is 1.03. The van der Waals surface area contributed by atoms with E-state index in [1.807, 2.05) is 24.3 Å². The molecule has 1 aromatic heterocycles. The van der Waals surface area contributed by atoms with Crippen LogP contribution in [0.4, 0.5) is 5.69 Å². The normalized spacial score (nSPS) is 10.5. The number of halogens is 2. The van der Waals surface area contributed by atoms with Gasteiger partial charge in [-0.2, -0.15) is 0 Å². The highest BCUT2D eigenvalue weighted by Crippen LogP contribution is 2.32. The van der Waals surface area contributed by atoms with E-state index in [-0.39, 0.29) is 0 Å². The van der Waals surface area contributed by atoms with Crippen LogP contribution in [-0.4, -0.2) is 6.61 Å². The highest BCUT2D eigenvalue weighted by Gasteiger charge is 2.03. The average Bonchev–Trinajstić information content (AvgIpc) is 2.74. The molecule has 19 heavy (non-hydrogen) atoms. The summed E-state index contributed by atoms with van der Waals surface area (Å²) in [6, 6.07) is 10.2. The summed E-state index contributed by atoms with van der Waals surface area (Å²) < 4.78 is 7.79. The lowest BCUT2D eigenvalue weighted by molar-refractivity contribution is 0.317. The standard InChI is InChI=1S/C14H15Br2NOS/c1-2-7-18-11-5-3-10(4-6-11)17-9-12-8-13(15)14(16)19-12/h3-6,8,17H,2,7,9H2,1H3. The summed E-state index contributed by atoms with van der Waals surface area (Å²) in [4.78, 5) is 1.28. The molecule has 0 atom stereocenters. The Bertz CT molecular complexity index is 505. The molecule has 0 bridgehead atoms. The zero-order valence-corrected chi connectivity index (χ0v) is 14.6. The van der Waals surface area contributed by atoms with Crippen molar-refractivity contribution in [1.82, 2.24) is 0 Å². The van der Waals surface area contributed by atoms with E-state index >= 15 is 0 Å². The number of nitrogens with one attached hydrogen (secondary N) is 1. The Hall–Kier alpha value is -0.520. The zero-order chi connectivity index (χ0) is 13.7. The molecule has 0 amide bonds. The topological polar surface area (TPSA) is 21.3 Å². The number of anilines is 1. The molecule has 2 rings (SSSR count). The van der Waals surface area contributed by atoms with Crippen molar-refractivity contribution in [3.8, 4) is 5.75 Å². The summed E-state index contributed by atoms with van der Waals surface area (Å²) >= 11 is 8.73. The highest BCUT2D eigenvalue weighted by atomic mass is 79.9. The number of benzene rings is 1. The van der Waals surface area contributed by atoms with E-state index in [0.29, 0.717) is 0 Å². The molecule has 1 aromatic carbocycles. The smallest absolute Gasteiger partial charge is 0.119 e. The minimum atomic E-state index is 0.768. The Morgan fingerprint density at radius 2 is 1.95 bits per heavy atom. The van der Waals surface area contributed by atoms with Crippen LogP contribution in [0.25, 0.3) is 0 Å². The molecule has 2 aromatic rings. The number of thiophene rings is 1. The summed E-state index contributed by atoms with van der Waals surface area (Å²) in [5.74, 6) is 0.925. The van der Waals surface area contributed by atoms with Gasteiger partial charge in [-0.3, -0.25) is 0 Å². The molecule has 0 unspecified atom stereocenters. The van der Waals surface area contributed by atoms with Crippen molar-refractivity contribution >= 4 is 48.9 Å². The lowest BCUT2D eigenvalue weighted by Crippen LogP contribution is -1.98. The van der Waals surface area contributed by atoms with E-state index in [1.165, 1.54) is 4.88 Å². The molecule has 0 saturated heterocycles. The molecule has 5 heteroatoms. The third-order valence-corrected chi connectivity index (χ3v) is 5.75. The molecule has 1 heterocycles. The van der Waals surface area contributed by atoms with Crippen molar-refractivity contribution in [1.29, 1.82) is 0 Å². The van der Waals surface area contributed by atoms with Gasteiger partial charge in [-0.1, -0.05) is 6.92 Å². The molecular formula is C14H15Br2NOS. The fourth-order valence-electron chi connectivity index (χ4n) is 1.56. The molecule has 1 N–H and O–H groups in total. The van der Waals surface area contributed by atoms with E-state index < -0.39 is 0 Å². The Labute approximate surface area is 134 Å². The SMILES string of the molecule is CCCOc1ccc(NCc2cc(Br)c(Br)s2)cc1. The van der Waals surface area contributed by atoms with Crippen LogP contribution < -0.4 is 10.1 Å². The maximum atomic E-state index is 5.55. The van der Waals surface area contributed by atoms with E-state index in [2.05, 4.69) is 50.2 Å². The van der Waals surface area contributed by atoms with Crippen LogP contribution in [0.15, 0.2) is 38.6 Å². The van der Waals surface area contributed by atoms with Crippen molar-refractivity contribution < 1.29 is 4.74 Å². The molecule has 0 radical (unpaired) electrons. The lowest BCUT2D eigenvalue weighted by atomic mass is 10.3. The molecule has 0 fully saturated rings. The third kappa shape index (κ3) is 4.51. The Balaban J connectivity index is 1.89. The van der Waals surface area contributed by atoms with E-state index in [4.69, 9.17) is 4.74 Å². The maximum absolute atomic E-state index is 5.55. The van der Waals surface area contributed by atoms with Crippen molar-refractivity contribution in [2.45, 2.75) is 19.9 Å². The first kappa shape index (κ1) is 14.9. The first-order valence-electron chi connectivity index (χ1n) is 6.09. The van der Waals surface area contributed by atoms with Crippen molar-refractivity contribution in [3.05, 3.63) is 43.5 Å². The second-order valence-corrected chi connectivity index (χ2v) is 7.37. The van der Waals surface area contributed by atoms with Gasteiger partial charge in [0.25, 0.3) is 0 Å². The first-order chi connectivity index (χ1) is 9.19. The van der Waals surface area contributed by atoms with Gasteiger partial charge in [-0.15, -0.1) is 11.3 Å². The fraction of sp³-hybridized carbons (Fsp3) is 0.286. The quantitative estimate of drug-likeness (QED) is 0.669. The van der Waals surface area contributed by atoms with Gasteiger partial charge < -0.3 is 10.1 Å². The van der Waals surface area contributed by atoms with Crippen molar-refractivity contribution in [2.24, 2.45) is 0 Å². The minimum Gasteiger partial charge on any atom is -0.494 e. The molecule has 0 aliphatic carbocycles. The predicted octanol–water partition coefficient (Wildman–Crippen LogP) is 5.67. The van der Waals surface area contributed by atoms with Gasteiger partial charge in [-0.25, -0.2) is 0 Å². The molecule has 0 aliphatic heterocycles. The van der Waals surface area contributed by atoms with Gasteiger partial charge in [0.1, 0.15) is 5.75 Å². The summed E-state index contributed by atoms with van der Waals surface area (Å²) in [6.45, 7) is 3.70. The zero-order valence-electron chi connectivity index (χ0n) is 10.6. The van der Waals surface area contributed by atoms with E-state index in [9.17, 15) is 0 Å². The number of hydrogen-bond donors (Lipinski definition) is 1. The van der Waals surface area contributed by atoms with Crippen LogP contribution in [0, 0.1) is 0 Å². The van der Waals surface area contributed by atoms with Crippen LogP contribution in [0.3, 0.4) is 0 Å². The molecule has 0 aliphatic rings. The van der Waals surface area contributed by atoms with Crippen LogP contribution >= 0.6 is 43.2 Å². The Morgan fingerprint density at radius 3 is 2.53 bits per heavy atom. The second kappa shape index (κ2) is 7.31. The minimum absolute atomic E-state index is 0.768. The van der Waals surface area contributed by atoms with Gasteiger partial charge >= 0.3 is 0 Å². The Kier molecular flexibility index (Phi) is 5.73. The predicted molar refractivity (Wildman–Crippen MR) is 89.3 cm³/mol. The summed E-state index contributed by atoms with van der Waals surface area (Å²) in [7, 11) is 0. The molecule has 2 nitrogen and oxygen atoms in total. The summed E-state index contributed by atoms with van der Waals surface area (Å²) in [5, 5.41) is 3.40. The fourth-order valence-corrected chi connectivity index (χ4v) is 3.67. The van der Waals surface area contributed by atoms with Crippen LogP contribution in [-0.2, 0) is 6.54 Å². The van der Waals surface area contributed by atoms with E-state index in [0.717, 1.165) is 39.3 Å². The third-order valence-electron chi connectivity index (χ3n) is 2.49.